The number of hydrogen-bond donors (Lipinski definition) is 2. The van der Waals surface area contributed by atoms with Crippen molar-refractivity contribution < 1.29 is 14.8 Å². The smallest absolute Gasteiger partial charge is 0.329 e. The first kappa shape index (κ1) is 15.4. The van der Waals surface area contributed by atoms with Crippen LogP contribution in [-0.2, 0) is 4.79 Å². The van der Waals surface area contributed by atoms with Crippen molar-refractivity contribution in [3.63, 3.8) is 0 Å². The molecule has 0 radical (unpaired) electrons. The number of amides is 3. The molecule has 2 N–H and O–H groups in total. The standard InChI is InChI=1S/C14H17N3O3S/c1-9(16-20)10-3-5-11(6-4-10)17-13(18)12(7-8-21-2)15-14(17)19/h3-6,12,20H,7-8H2,1-2H3,(H,15,19). The highest BCUT2D eigenvalue weighted by atomic mass is 32.2. The number of carbonyl (C=O) groups excluding carboxylic acids is 2. The second kappa shape index (κ2) is 6.62. The van der Waals surface area contributed by atoms with Crippen molar-refractivity contribution in [2.75, 3.05) is 16.9 Å². The average Bonchev–Trinajstić information content (AvgIpc) is 2.79. The van der Waals surface area contributed by atoms with Crippen molar-refractivity contribution in [2.24, 2.45) is 5.16 Å². The lowest BCUT2D eigenvalue weighted by Crippen LogP contribution is -2.31. The SMILES string of the molecule is CSCCC1NC(=O)N(c2ccc(C(C)=NO)cc2)C1=O. The molecular formula is C14H17N3O3S. The number of nitrogens with one attached hydrogen (secondary N) is 1. The molecule has 0 bridgehead atoms. The Labute approximate surface area is 127 Å². The Balaban J connectivity index is 2.18. The molecule has 0 spiro atoms. The molecule has 0 aliphatic carbocycles. The molecule has 6 nitrogen and oxygen atoms in total. The minimum Gasteiger partial charge on any atom is -0.411 e. The summed E-state index contributed by atoms with van der Waals surface area (Å²) in [6.07, 6.45) is 2.58. The van der Waals surface area contributed by atoms with Gasteiger partial charge in [-0.2, -0.15) is 11.8 Å². The largest absolute Gasteiger partial charge is 0.411 e. The number of rotatable bonds is 5. The Hall–Kier alpha value is -2.02. The summed E-state index contributed by atoms with van der Waals surface area (Å²) in [5.41, 5.74) is 1.71. The number of anilines is 1. The molecule has 1 heterocycles. The van der Waals surface area contributed by atoms with Gasteiger partial charge in [0.1, 0.15) is 6.04 Å². The van der Waals surface area contributed by atoms with Crippen LogP contribution < -0.4 is 10.2 Å². The third-order valence-corrected chi connectivity index (χ3v) is 3.97. The molecule has 7 heteroatoms. The molecule has 3 amide bonds. The molecule has 112 valence electrons. The molecular weight excluding hydrogens is 290 g/mol. The summed E-state index contributed by atoms with van der Waals surface area (Å²) >= 11 is 1.64. The van der Waals surface area contributed by atoms with Crippen molar-refractivity contribution in [3.8, 4) is 0 Å². The number of imide groups is 1. The lowest BCUT2D eigenvalue weighted by molar-refractivity contribution is -0.118. The van der Waals surface area contributed by atoms with Gasteiger partial charge in [0.2, 0.25) is 0 Å². The summed E-state index contributed by atoms with van der Waals surface area (Å²) in [6.45, 7) is 1.67. The Morgan fingerprint density at radius 2 is 2.05 bits per heavy atom. The van der Waals surface area contributed by atoms with Crippen LogP contribution in [0.3, 0.4) is 0 Å². The zero-order chi connectivity index (χ0) is 15.4. The summed E-state index contributed by atoms with van der Waals surface area (Å²) in [5, 5.41) is 14.5. The minimum atomic E-state index is -0.453. The highest BCUT2D eigenvalue weighted by molar-refractivity contribution is 7.98. The zero-order valence-corrected chi connectivity index (χ0v) is 12.7. The average molecular weight is 307 g/mol. The molecule has 1 atom stereocenters. The first-order valence-corrected chi connectivity index (χ1v) is 7.90. The number of nitrogens with zero attached hydrogens (tertiary/aromatic N) is 2. The Morgan fingerprint density at radius 3 is 2.62 bits per heavy atom. The maximum Gasteiger partial charge on any atom is 0.329 e. The molecule has 1 aromatic carbocycles. The fourth-order valence-electron chi connectivity index (χ4n) is 2.12. The van der Waals surface area contributed by atoms with Gasteiger partial charge < -0.3 is 10.5 Å². The van der Waals surface area contributed by atoms with E-state index in [1.165, 1.54) is 0 Å². The summed E-state index contributed by atoms with van der Waals surface area (Å²) in [6, 6.07) is 5.90. The van der Waals surface area contributed by atoms with Crippen LogP contribution in [0.15, 0.2) is 29.4 Å². The van der Waals surface area contributed by atoms with E-state index in [0.717, 1.165) is 16.2 Å². The van der Waals surface area contributed by atoms with Crippen LogP contribution in [0.2, 0.25) is 0 Å². The quantitative estimate of drug-likeness (QED) is 0.377. The van der Waals surface area contributed by atoms with Crippen LogP contribution >= 0.6 is 11.8 Å². The van der Waals surface area contributed by atoms with E-state index in [1.807, 2.05) is 6.26 Å². The van der Waals surface area contributed by atoms with Crippen LogP contribution in [0.1, 0.15) is 18.9 Å². The van der Waals surface area contributed by atoms with E-state index in [4.69, 9.17) is 5.21 Å². The lowest BCUT2D eigenvalue weighted by atomic mass is 10.1. The van der Waals surface area contributed by atoms with Crippen LogP contribution in [0, 0.1) is 0 Å². The van der Waals surface area contributed by atoms with Gasteiger partial charge in [-0.3, -0.25) is 4.79 Å². The van der Waals surface area contributed by atoms with Gasteiger partial charge in [0.05, 0.1) is 11.4 Å². The molecule has 1 saturated heterocycles. The molecule has 0 saturated carbocycles. The summed E-state index contributed by atoms with van der Waals surface area (Å²) in [5.74, 6) is 0.588. The van der Waals surface area contributed by atoms with Gasteiger partial charge in [-0.05, 0) is 43.0 Å². The molecule has 1 fully saturated rings. The maximum absolute atomic E-state index is 12.3. The third-order valence-electron chi connectivity index (χ3n) is 3.32. The normalized spacial score (nSPS) is 19.0. The molecule has 1 aromatic rings. The summed E-state index contributed by atoms with van der Waals surface area (Å²) in [7, 11) is 0. The van der Waals surface area contributed by atoms with Crippen LogP contribution in [0.5, 0.6) is 0 Å². The van der Waals surface area contributed by atoms with E-state index in [2.05, 4.69) is 10.5 Å². The fraction of sp³-hybridized carbons (Fsp3) is 0.357. The fourth-order valence-corrected chi connectivity index (χ4v) is 2.59. The molecule has 0 aromatic heterocycles. The van der Waals surface area contributed by atoms with E-state index < -0.39 is 12.1 Å². The molecule has 1 aliphatic heterocycles. The van der Waals surface area contributed by atoms with Crippen molar-refractivity contribution >= 4 is 35.1 Å². The summed E-state index contributed by atoms with van der Waals surface area (Å²) in [4.78, 5) is 25.4. The Morgan fingerprint density at radius 1 is 1.38 bits per heavy atom. The van der Waals surface area contributed by atoms with E-state index in [9.17, 15) is 9.59 Å². The summed E-state index contributed by atoms with van der Waals surface area (Å²) < 4.78 is 0. The van der Waals surface area contributed by atoms with Gasteiger partial charge >= 0.3 is 6.03 Å². The first-order valence-electron chi connectivity index (χ1n) is 6.51. The number of benzene rings is 1. The molecule has 21 heavy (non-hydrogen) atoms. The Bertz CT molecular complexity index is 571. The van der Waals surface area contributed by atoms with Crippen molar-refractivity contribution in [2.45, 2.75) is 19.4 Å². The number of hydrogen-bond acceptors (Lipinski definition) is 5. The number of oxime groups is 1. The van der Waals surface area contributed by atoms with E-state index in [-0.39, 0.29) is 5.91 Å². The molecule has 1 unspecified atom stereocenters. The molecule has 1 aliphatic rings. The predicted octanol–water partition coefficient (Wildman–Crippen LogP) is 2.06. The second-order valence-corrected chi connectivity index (χ2v) is 5.68. The predicted molar refractivity (Wildman–Crippen MR) is 83.2 cm³/mol. The number of carbonyl (C=O) groups is 2. The van der Waals surface area contributed by atoms with Crippen molar-refractivity contribution in [1.29, 1.82) is 0 Å². The monoisotopic (exact) mass is 307 g/mol. The van der Waals surface area contributed by atoms with Gasteiger partial charge in [0.15, 0.2) is 0 Å². The van der Waals surface area contributed by atoms with Gasteiger partial charge in [-0.25, -0.2) is 9.69 Å². The van der Waals surface area contributed by atoms with E-state index in [0.29, 0.717) is 17.8 Å². The van der Waals surface area contributed by atoms with Crippen LogP contribution in [0.4, 0.5) is 10.5 Å². The highest BCUT2D eigenvalue weighted by Crippen LogP contribution is 2.22. The van der Waals surface area contributed by atoms with Gasteiger partial charge in [0, 0.05) is 0 Å². The highest BCUT2D eigenvalue weighted by Gasteiger charge is 2.38. The minimum absolute atomic E-state index is 0.227. The van der Waals surface area contributed by atoms with Gasteiger partial charge in [-0.15, -0.1) is 0 Å². The molecule has 2 rings (SSSR count). The van der Waals surface area contributed by atoms with Crippen LogP contribution in [-0.4, -0.2) is 40.9 Å². The van der Waals surface area contributed by atoms with E-state index >= 15 is 0 Å². The second-order valence-electron chi connectivity index (χ2n) is 4.69. The van der Waals surface area contributed by atoms with Crippen molar-refractivity contribution in [1.82, 2.24) is 5.32 Å². The van der Waals surface area contributed by atoms with Crippen molar-refractivity contribution in [3.05, 3.63) is 29.8 Å². The lowest BCUT2D eigenvalue weighted by Gasteiger charge is -2.13. The first-order chi connectivity index (χ1) is 10.1. The topological polar surface area (TPSA) is 82.0 Å². The number of urea groups is 1. The third kappa shape index (κ3) is 3.18. The van der Waals surface area contributed by atoms with Crippen LogP contribution in [0.25, 0.3) is 0 Å². The van der Waals surface area contributed by atoms with Gasteiger partial charge in [-0.1, -0.05) is 17.3 Å². The number of thioether (sulfide) groups is 1. The Kier molecular flexibility index (Phi) is 4.85. The zero-order valence-electron chi connectivity index (χ0n) is 11.9. The maximum atomic E-state index is 12.3. The van der Waals surface area contributed by atoms with Gasteiger partial charge in [0.25, 0.3) is 5.91 Å². The van der Waals surface area contributed by atoms with E-state index in [1.54, 1.807) is 43.0 Å².